The van der Waals surface area contributed by atoms with Gasteiger partial charge < -0.3 is 10.1 Å². The van der Waals surface area contributed by atoms with Gasteiger partial charge in [-0.1, -0.05) is 55.5 Å². The number of aryl methyl sites for hydroxylation is 1. The summed E-state index contributed by atoms with van der Waals surface area (Å²) in [4.78, 5) is 4.79. The average molecular weight is 485 g/mol. The molecule has 3 heterocycles. The third-order valence-corrected chi connectivity index (χ3v) is 5.61. The Morgan fingerprint density at radius 2 is 1.79 bits per heavy atom. The van der Waals surface area contributed by atoms with Crippen molar-refractivity contribution in [1.82, 2.24) is 30.9 Å². The highest BCUT2D eigenvalue weighted by molar-refractivity contribution is 5.85. The summed E-state index contributed by atoms with van der Waals surface area (Å²) in [6.45, 7) is 4.44. The molecule has 0 unspecified atom stereocenters. The van der Waals surface area contributed by atoms with Gasteiger partial charge in [-0.25, -0.2) is 5.10 Å². The minimum absolute atomic E-state index is 0. The molecule has 0 saturated heterocycles. The predicted octanol–water partition coefficient (Wildman–Crippen LogP) is 4.56. The van der Waals surface area contributed by atoms with Crippen LogP contribution in [0.2, 0.25) is 0 Å². The van der Waals surface area contributed by atoms with Gasteiger partial charge in [-0.05, 0) is 33.5 Å². The summed E-state index contributed by atoms with van der Waals surface area (Å²) < 4.78 is 6.25. The minimum Gasteiger partial charge on any atom is -0.488 e. The van der Waals surface area contributed by atoms with E-state index in [9.17, 15) is 0 Å². The van der Waals surface area contributed by atoms with Gasteiger partial charge in [0.2, 0.25) is 0 Å². The quantitative estimate of drug-likeness (QED) is 0.416. The van der Waals surface area contributed by atoms with E-state index in [1.165, 1.54) is 11.3 Å². The van der Waals surface area contributed by atoms with Gasteiger partial charge in [0.05, 0.1) is 5.69 Å². The molecule has 0 fully saturated rings. The Bertz CT molecular complexity index is 1180. The van der Waals surface area contributed by atoms with Crippen LogP contribution in [0.3, 0.4) is 0 Å². The van der Waals surface area contributed by atoms with Gasteiger partial charge in [-0.3, -0.25) is 4.98 Å². The van der Waals surface area contributed by atoms with Crippen LogP contribution in [0.15, 0.2) is 54.6 Å². The van der Waals surface area contributed by atoms with Crippen LogP contribution in [0.1, 0.15) is 29.4 Å². The Hall–Kier alpha value is -3.00. The second kappa shape index (κ2) is 11.2. The van der Waals surface area contributed by atoms with Crippen molar-refractivity contribution in [3.8, 4) is 28.3 Å². The van der Waals surface area contributed by atoms with E-state index in [2.05, 4.69) is 69.3 Å². The summed E-state index contributed by atoms with van der Waals surface area (Å²) in [7, 11) is 0. The molecule has 2 N–H and O–H groups in total. The number of hydrogen-bond donors (Lipinski definition) is 2. The number of nitrogens with one attached hydrogen (secondary N) is 2. The first-order valence-electron chi connectivity index (χ1n) is 10.6. The number of fused-ring (bicyclic) bond motifs is 1. The summed E-state index contributed by atoms with van der Waals surface area (Å²) in [5.74, 6) is 1.60. The highest BCUT2D eigenvalue weighted by Crippen LogP contribution is 2.30. The predicted molar refractivity (Wildman–Crippen MR) is 133 cm³/mol. The van der Waals surface area contributed by atoms with Gasteiger partial charge in [-0.15, -0.1) is 29.9 Å². The number of hydrogen-bond acceptors (Lipinski definition) is 6. The number of aromatic amines is 1. The van der Waals surface area contributed by atoms with Crippen LogP contribution in [0.4, 0.5) is 0 Å². The SMILES string of the molecule is CCc1cc(OCc2ccc(-c3ccccc3-c3nnn[nH]3)cc2)c2c(n1)CCNC2.Cl.Cl. The summed E-state index contributed by atoms with van der Waals surface area (Å²) in [6.07, 6.45) is 1.86. The van der Waals surface area contributed by atoms with Crippen LogP contribution in [0.25, 0.3) is 22.5 Å². The fourth-order valence-corrected chi connectivity index (χ4v) is 3.94. The molecule has 0 bridgehead atoms. The van der Waals surface area contributed by atoms with Gasteiger partial charge in [-0.2, -0.15) is 0 Å². The molecule has 1 aliphatic heterocycles. The summed E-state index contributed by atoms with van der Waals surface area (Å²) in [6, 6.07) is 18.6. The lowest BCUT2D eigenvalue weighted by Crippen LogP contribution is -2.25. The Kier molecular flexibility index (Phi) is 8.38. The van der Waals surface area contributed by atoms with Crippen molar-refractivity contribution < 1.29 is 4.74 Å². The number of pyridine rings is 1. The molecular weight excluding hydrogens is 459 g/mol. The Labute approximate surface area is 205 Å². The van der Waals surface area contributed by atoms with E-state index in [0.717, 1.165) is 59.6 Å². The molecule has 2 aromatic heterocycles. The molecule has 1 aliphatic rings. The summed E-state index contributed by atoms with van der Waals surface area (Å²) >= 11 is 0. The number of tetrazole rings is 1. The Morgan fingerprint density at radius 3 is 2.52 bits per heavy atom. The van der Waals surface area contributed by atoms with Gasteiger partial charge in [0.1, 0.15) is 12.4 Å². The van der Waals surface area contributed by atoms with E-state index in [-0.39, 0.29) is 24.8 Å². The lowest BCUT2D eigenvalue weighted by Gasteiger charge is -2.21. The van der Waals surface area contributed by atoms with Gasteiger partial charge in [0.25, 0.3) is 0 Å². The zero-order valence-corrected chi connectivity index (χ0v) is 19.9. The number of nitrogens with zero attached hydrogens (tertiary/aromatic N) is 4. The first kappa shape index (κ1) is 24.6. The number of aromatic nitrogens is 5. The minimum atomic E-state index is 0. The molecule has 0 spiro atoms. The third kappa shape index (κ3) is 5.33. The maximum Gasteiger partial charge on any atom is 0.180 e. The molecule has 5 rings (SSSR count). The topological polar surface area (TPSA) is 88.6 Å². The van der Waals surface area contributed by atoms with E-state index in [1.807, 2.05) is 18.2 Å². The molecule has 0 aliphatic carbocycles. The van der Waals surface area contributed by atoms with Crippen LogP contribution < -0.4 is 10.1 Å². The molecule has 0 atom stereocenters. The van der Waals surface area contributed by atoms with Crippen molar-refractivity contribution in [3.63, 3.8) is 0 Å². The second-order valence-electron chi connectivity index (χ2n) is 7.60. The number of rotatable bonds is 6. The molecule has 4 aromatic rings. The number of halogens is 2. The van der Waals surface area contributed by atoms with Crippen LogP contribution >= 0.6 is 24.8 Å². The van der Waals surface area contributed by atoms with Crippen LogP contribution in [-0.2, 0) is 26.0 Å². The highest BCUT2D eigenvalue weighted by Gasteiger charge is 2.17. The molecule has 7 nitrogen and oxygen atoms in total. The average Bonchev–Trinajstić information content (AvgIpc) is 3.37. The van der Waals surface area contributed by atoms with Crippen molar-refractivity contribution in [3.05, 3.63) is 77.1 Å². The number of benzene rings is 2. The molecule has 33 heavy (non-hydrogen) atoms. The summed E-state index contributed by atoms with van der Waals surface area (Å²) in [5.41, 5.74) is 7.72. The molecule has 0 saturated carbocycles. The molecule has 9 heteroatoms. The first-order valence-corrected chi connectivity index (χ1v) is 10.6. The van der Waals surface area contributed by atoms with E-state index < -0.39 is 0 Å². The Balaban J connectivity index is 0.00000153. The standard InChI is InChI=1S/C24H24N6O.2ClH/c1-2-18-13-23(21-14-25-12-11-22(21)26-18)31-15-16-7-9-17(10-8-16)19-5-3-4-6-20(19)24-27-29-30-28-24;;/h3-10,13,25H,2,11-12,14-15H2,1H3,(H,27,28,29,30);2*1H. The fourth-order valence-electron chi connectivity index (χ4n) is 3.94. The molecule has 2 aromatic carbocycles. The third-order valence-electron chi connectivity index (χ3n) is 5.61. The molecule has 172 valence electrons. The van der Waals surface area contributed by atoms with Crippen molar-refractivity contribution in [2.45, 2.75) is 32.9 Å². The number of H-pyrrole nitrogens is 1. The maximum atomic E-state index is 6.25. The second-order valence-corrected chi connectivity index (χ2v) is 7.60. The van der Waals surface area contributed by atoms with E-state index in [0.29, 0.717) is 12.4 Å². The smallest absolute Gasteiger partial charge is 0.180 e. The maximum absolute atomic E-state index is 6.25. The van der Waals surface area contributed by atoms with Crippen molar-refractivity contribution in [1.29, 1.82) is 0 Å². The van der Waals surface area contributed by atoms with Crippen LogP contribution in [0.5, 0.6) is 5.75 Å². The van der Waals surface area contributed by atoms with E-state index in [4.69, 9.17) is 9.72 Å². The van der Waals surface area contributed by atoms with Crippen LogP contribution in [0, 0.1) is 0 Å². The highest BCUT2D eigenvalue weighted by atomic mass is 35.5. The first-order chi connectivity index (χ1) is 15.3. The largest absolute Gasteiger partial charge is 0.488 e. The van der Waals surface area contributed by atoms with Gasteiger partial charge in [0.15, 0.2) is 5.82 Å². The lowest BCUT2D eigenvalue weighted by molar-refractivity contribution is 0.299. The van der Waals surface area contributed by atoms with Gasteiger partial charge >= 0.3 is 0 Å². The molecular formula is C24H26Cl2N6O. The zero-order chi connectivity index (χ0) is 21.0. The van der Waals surface area contributed by atoms with Crippen LogP contribution in [-0.4, -0.2) is 32.2 Å². The van der Waals surface area contributed by atoms with E-state index in [1.54, 1.807) is 0 Å². The normalized spacial score (nSPS) is 12.3. The monoisotopic (exact) mass is 484 g/mol. The van der Waals surface area contributed by atoms with Crippen molar-refractivity contribution in [2.75, 3.05) is 6.54 Å². The van der Waals surface area contributed by atoms with E-state index >= 15 is 0 Å². The summed E-state index contributed by atoms with van der Waals surface area (Å²) in [5, 5.41) is 17.7. The molecule has 0 radical (unpaired) electrons. The molecule has 0 amide bonds. The zero-order valence-electron chi connectivity index (χ0n) is 18.2. The fraction of sp³-hybridized carbons (Fsp3) is 0.250. The Morgan fingerprint density at radius 1 is 1.00 bits per heavy atom. The van der Waals surface area contributed by atoms with Gasteiger partial charge in [0, 0.05) is 42.4 Å². The lowest BCUT2D eigenvalue weighted by atomic mass is 9.98. The van der Waals surface area contributed by atoms with Crippen molar-refractivity contribution in [2.24, 2.45) is 0 Å². The van der Waals surface area contributed by atoms with Crippen molar-refractivity contribution >= 4 is 24.8 Å². The number of ether oxygens (including phenoxy) is 1.